The Labute approximate surface area is 173 Å². The summed E-state index contributed by atoms with van der Waals surface area (Å²) in [4.78, 5) is 15.0. The standard InChI is InChI=1S/C24H29N3O2/c1-18(2)16-23(24(28)26-11-10-25)21-5-3-4-20(17-21)19-6-8-22(9-7-19)27-12-14-29-15-13-27/h3-9,17-18,23H,11-16H2,1-2H3,(H,26,28). The van der Waals surface area contributed by atoms with Crippen molar-refractivity contribution in [2.24, 2.45) is 5.92 Å². The first-order valence-electron chi connectivity index (χ1n) is 10.3. The Hall–Kier alpha value is -2.84. The fourth-order valence-electron chi connectivity index (χ4n) is 3.74. The van der Waals surface area contributed by atoms with Crippen LogP contribution in [0.3, 0.4) is 0 Å². The molecule has 1 amide bonds. The SMILES string of the molecule is CC(C)CC(C(=O)NCC#N)c1cccc(-c2ccc(N3CCOCC3)cc2)c1. The van der Waals surface area contributed by atoms with Gasteiger partial charge in [-0.1, -0.05) is 50.2 Å². The number of nitrogens with zero attached hydrogens (tertiary/aromatic N) is 2. The largest absolute Gasteiger partial charge is 0.378 e. The average Bonchev–Trinajstić information content (AvgIpc) is 2.76. The Bertz CT molecular complexity index is 849. The first-order valence-corrected chi connectivity index (χ1v) is 10.3. The van der Waals surface area contributed by atoms with Crippen molar-refractivity contribution < 1.29 is 9.53 Å². The predicted molar refractivity (Wildman–Crippen MR) is 116 cm³/mol. The summed E-state index contributed by atoms with van der Waals surface area (Å²) >= 11 is 0. The molecule has 3 rings (SSSR count). The van der Waals surface area contributed by atoms with Gasteiger partial charge in [0.2, 0.25) is 5.91 Å². The topological polar surface area (TPSA) is 65.4 Å². The number of anilines is 1. The Balaban J connectivity index is 1.81. The van der Waals surface area contributed by atoms with Gasteiger partial charge in [-0.25, -0.2) is 0 Å². The van der Waals surface area contributed by atoms with E-state index in [1.807, 2.05) is 18.2 Å². The second-order valence-corrected chi connectivity index (χ2v) is 7.83. The van der Waals surface area contributed by atoms with Crippen molar-refractivity contribution in [1.29, 1.82) is 5.26 Å². The monoisotopic (exact) mass is 391 g/mol. The summed E-state index contributed by atoms with van der Waals surface area (Å²) in [7, 11) is 0. The first-order chi connectivity index (χ1) is 14.1. The van der Waals surface area contributed by atoms with Crippen LogP contribution in [0.2, 0.25) is 0 Å². The molecule has 0 saturated carbocycles. The fraction of sp³-hybridized carbons (Fsp3) is 0.417. The number of carbonyl (C=O) groups excluding carboxylic acids is 1. The van der Waals surface area contributed by atoms with Gasteiger partial charge in [-0.15, -0.1) is 0 Å². The Morgan fingerprint density at radius 2 is 1.86 bits per heavy atom. The molecule has 1 saturated heterocycles. The van der Waals surface area contributed by atoms with Gasteiger partial charge < -0.3 is 15.0 Å². The number of nitrogens with one attached hydrogen (secondary N) is 1. The third-order valence-electron chi connectivity index (χ3n) is 5.23. The van der Waals surface area contributed by atoms with Crippen molar-refractivity contribution in [3.63, 3.8) is 0 Å². The molecule has 1 N–H and O–H groups in total. The highest BCUT2D eigenvalue weighted by Crippen LogP contribution is 2.29. The molecule has 1 heterocycles. The van der Waals surface area contributed by atoms with Crippen LogP contribution in [0.5, 0.6) is 0 Å². The smallest absolute Gasteiger partial charge is 0.228 e. The quantitative estimate of drug-likeness (QED) is 0.726. The minimum absolute atomic E-state index is 0.0378. The molecule has 1 aliphatic heterocycles. The number of ether oxygens (including phenoxy) is 1. The van der Waals surface area contributed by atoms with Gasteiger partial charge in [0.05, 0.1) is 25.2 Å². The molecule has 0 bridgehead atoms. The average molecular weight is 392 g/mol. The summed E-state index contributed by atoms with van der Waals surface area (Å²) in [6.07, 6.45) is 0.747. The second kappa shape index (κ2) is 10.1. The summed E-state index contributed by atoms with van der Waals surface area (Å²) in [6, 6.07) is 18.7. The number of hydrogen-bond acceptors (Lipinski definition) is 4. The molecular formula is C24H29N3O2. The van der Waals surface area contributed by atoms with Gasteiger partial charge in [-0.3, -0.25) is 4.79 Å². The van der Waals surface area contributed by atoms with E-state index in [9.17, 15) is 4.79 Å². The maximum absolute atomic E-state index is 12.6. The van der Waals surface area contributed by atoms with Crippen molar-refractivity contribution in [2.45, 2.75) is 26.2 Å². The van der Waals surface area contributed by atoms with Crippen molar-refractivity contribution >= 4 is 11.6 Å². The van der Waals surface area contributed by atoms with Gasteiger partial charge in [0.1, 0.15) is 6.54 Å². The lowest BCUT2D eigenvalue weighted by Crippen LogP contribution is -2.36. The van der Waals surface area contributed by atoms with Gasteiger partial charge >= 0.3 is 0 Å². The highest BCUT2D eigenvalue weighted by molar-refractivity contribution is 5.84. The maximum atomic E-state index is 12.6. The van der Waals surface area contributed by atoms with E-state index in [0.29, 0.717) is 5.92 Å². The molecule has 0 aliphatic carbocycles. The van der Waals surface area contributed by atoms with E-state index in [1.54, 1.807) is 0 Å². The Kier molecular flexibility index (Phi) is 7.26. The third kappa shape index (κ3) is 5.58. The van der Waals surface area contributed by atoms with Crippen molar-refractivity contribution in [3.8, 4) is 17.2 Å². The molecule has 152 valence electrons. The third-order valence-corrected chi connectivity index (χ3v) is 5.23. The predicted octanol–water partition coefficient (Wildman–Crippen LogP) is 3.96. The second-order valence-electron chi connectivity index (χ2n) is 7.83. The number of benzene rings is 2. The molecule has 0 spiro atoms. The van der Waals surface area contributed by atoms with Crippen LogP contribution in [0.1, 0.15) is 31.7 Å². The zero-order valence-corrected chi connectivity index (χ0v) is 17.2. The van der Waals surface area contributed by atoms with Crippen LogP contribution in [-0.2, 0) is 9.53 Å². The molecule has 0 radical (unpaired) electrons. The highest BCUT2D eigenvalue weighted by atomic mass is 16.5. The fourth-order valence-corrected chi connectivity index (χ4v) is 3.74. The number of nitriles is 1. The molecule has 1 fully saturated rings. The van der Waals surface area contributed by atoms with Crippen molar-refractivity contribution in [1.82, 2.24) is 5.32 Å². The minimum Gasteiger partial charge on any atom is -0.378 e. The minimum atomic E-state index is -0.254. The van der Waals surface area contributed by atoms with Crippen LogP contribution in [0.4, 0.5) is 5.69 Å². The number of rotatable bonds is 7. The summed E-state index contributed by atoms with van der Waals surface area (Å²) in [6.45, 7) is 7.64. The number of hydrogen-bond donors (Lipinski definition) is 1. The van der Waals surface area contributed by atoms with Gasteiger partial charge in [0, 0.05) is 18.8 Å². The van der Waals surface area contributed by atoms with Gasteiger partial charge in [0.25, 0.3) is 0 Å². The molecule has 5 nitrogen and oxygen atoms in total. The molecule has 1 unspecified atom stereocenters. The number of carbonyl (C=O) groups is 1. The van der Waals surface area contributed by atoms with Crippen LogP contribution in [0, 0.1) is 17.2 Å². The van der Waals surface area contributed by atoms with Gasteiger partial charge in [-0.05, 0) is 41.2 Å². The first kappa shape index (κ1) is 20.9. The Morgan fingerprint density at radius 3 is 2.52 bits per heavy atom. The summed E-state index contributed by atoms with van der Waals surface area (Å²) in [5.74, 6) is 0.0419. The highest BCUT2D eigenvalue weighted by Gasteiger charge is 2.22. The van der Waals surface area contributed by atoms with Crippen molar-refractivity contribution in [3.05, 3.63) is 54.1 Å². The molecule has 1 aliphatic rings. The summed E-state index contributed by atoms with van der Waals surface area (Å²) in [5, 5.41) is 11.5. The molecular weight excluding hydrogens is 362 g/mol. The molecule has 2 aromatic carbocycles. The summed E-state index contributed by atoms with van der Waals surface area (Å²) < 4.78 is 5.43. The molecule has 0 aromatic heterocycles. The molecule has 2 aromatic rings. The van der Waals surface area contributed by atoms with E-state index in [2.05, 4.69) is 60.5 Å². The van der Waals surface area contributed by atoms with Gasteiger partial charge in [0.15, 0.2) is 0 Å². The zero-order valence-electron chi connectivity index (χ0n) is 17.2. The van der Waals surface area contributed by atoms with Crippen LogP contribution in [-0.4, -0.2) is 38.8 Å². The lowest BCUT2D eigenvalue weighted by atomic mass is 9.88. The van der Waals surface area contributed by atoms with Crippen LogP contribution in [0.15, 0.2) is 48.5 Å². The number of morpholine rings is 1. The van der Waals surface area contributed by atoms with E-state index in [0.717, 1.165) is 49.4 Å². The van der Waals surface area contributed by atoms with Crippen LogP contribution < -0.4 is 10.2 Å². The normalized spacial score (nSPS) is 15.0. The van der Waals surface area contributed by atoms with E-state index in [4.69, 9.17) is 10.00 Å². The maximum Gasteiger partial charge on any atom is 0.228 e. The van der Waals surface area contributed by atoms with Crippen LogP contribution >= 0.6 is 0 Å². The van der Waals surface area contributed by atoms with Crippen LogP contribution in [0.25, 0.3) is 11.1 Å². The molecule has 5 heteroatoms. The Morgan fingerprint density at radius 1 is 1.14 bits per heavy atom. The summed E-state index contributed by atoms with van der Waals surface area (Å²) in [5.41, 5.74) is 4.42. The van der Waals surface area contributed by atoms with E-state index < -0.39 is 0 Å². The molecule has 29 heavy (non-hydrogen) atoms. The zero-order chi connectivity index (χ0) is 20.6. The number of amides is 1. The van der Waals surface area contributed by atoms with E-state index >= 15 is 0 Å². The molecule has 1 atom stereocenters. The lowest BCUT2D eigenvalue weighted by Gasteiger charge is -2.29. The lowest BCUT2D eigenvalue weighted by molar-refractivity contribution is -0.122. The van der Waals surface area contributed by atoms with Crippen molar-refractivity contribution in [2.75, 3.05) is 37.7 Å². The van der Waals surface area contributed by atoms with Gasteiger partial charge in [-0.2, -0.15) is 5.26 Å². The van der Waals surface area contributed by atoms with E-state index in [1.165, 1.54) is 5.69 Å². The van der Waals surface area contributed by atoms with E-state index in [-0.39, 0.29) is 18.4 Å².